The minimum atomic E-state index is 0.267. The summed E-state index contributed by atoms with van der Waals surface area (Å²) < 4.78 is 0. The Hall–Kier alpha value is -1.13. The molecule has 18 heavy (non-hydrogen) atoms. The predicted octanol–water partition coefficient (Wildman–Crippen LogP) is 1.92. The molecule has 0 saturated carbocycles. The molecule has 1 atom stereocenters. The largest absolute Gasteiger partial charge is 0.506 e. The summed E-state index contributed by atoms with van der Waals surface area (Å²) in [5, 5.41) is 13.0. The van der Waals surface area contributed by atoms with Gasteiger partial charge in [-0.25, -0.2) is 0 Å². The Bertz CT molecular complexity index is 368. The minimum Gasteiger partial charge on any atom is -0.506 e. The Morgan fingerprint density at radius 2 is 2.17 bits per heavy atom. The Morgan fingerprint density at radius 3 is 2.83 bits per heavy atom. The molecule has 1 aromatic rings. The SMILES string of the molecule is CCC(C)N(C)CCNCc1nc(C)ccc1O. The quantitative estimate of drug-likeness (QED) is 0.727. The Kier molecular flexibility index (Phi) is 6.09. The number of aryl methyl sites for hydroxylation is 1. The number of nitrogens with zero attached hydrogens (tertiary/aromatic N) is 2. The summed E-state index contributed by atoms with van der Waals surface area (Å²) in [6, 6.07) is 4.12. The van der Waals surface area contributed by atoms with Gasteiger partial charge in [0.15, 0.2) is 0 Å². The van der Waals surface area contributed by atoms with E-state index >= 15 is 0 Å². The van der Waals surface area contributed by atoms with Crippen molar-refractivity contribution in [3.05, 3.63) is 23.5 Å². The standard InChI is InChI=1S/C14H25N3O/c1-5-12(3)17(4)9-8-15-10-13-14(18)7-6-11(2)16-13/h6-7,12,15,18H,5,8-10H2,1-4H3. The number of hydrogen-bond acceptors (Lipinski definition) is 4. The molecule has 1 aromatic heterocycles. The first-order valence-electron chi connectivity index (χ1n) is 6.61. The first-order valence-corrected chi connectivity index (χ1v) is 6.61. The maximum atomic E-state index is 9.66. The van der Waals surface area contributed by atoms with E-state index in [2.05, 4.69) is 36.1 Å². The molecule has 1 unspecified atom stereocenters. The number of aromatic hydroxyl groups is 1. The van der Waals surface area contributed by atoms with Crippen LogP contribution in [-0.2, 0) is 6.54 Å². The van der Waals surface area contributed by atoms with Crippen molar-refractivity contribution in [3.8, 4) is 5.75 Å². The van der Waals surface area contributed by atoms with Gasteiger partial charge in [0, 0.05) is 31.4 Å². The molecule has 0 radical (unpaired) electrons. The van der Waals surface area contributed by atoms with Gasteiger partial charge >= 0.3 is 0 Å². The molecule has 0 aliphatic heterocycles. The monoisotopic (exact) mass is 251 g/mol. The number of pyridine rings is 1. The molecule has 0 amide bonds. The van der Waals surface area contributed by atoms with E-state index in [1.165, 1.54) is 0 Å². The average molecular weight is 251 g/mol. The molecule has 0 spiro atoms. The van der Waals surface area contributed by atoms with Gasteiger partial charge in [0.1, 0.15) is 5.75 Å². The van der Waals surface area contributed by atoms with E-state index < -0.39 is 0 Å². The minimum absolute atomic E-state index is 0.267. The maximum Gasteiger partial charge on any atom is 0.138 e. The summed E-state index contributed by atoms with van der Waals surface area (Å²) in [6.07, 6.45) is 1.16. The molecule has 1 heterocycles. The molecule has 0 bridgehead atoms. The molecule has 4 heteroatoms. The van der Waals surface area contributed by atoms with Gasteiger partial charge < -0.3 is 15.3 Å². The van der Waals surface area contributed by atoms with Gasteiger partial charge in [-0.3, -0.25) is 4.98 Å². The summed E-state index contributed by atoms with van der Waals surface area (Å²) in [4.78, 5) is 6.64. The molecule has 4 nitrogen and oxygen atoms in total. The summed E-state index contributed by atoms with van der Waals surface area (Å²) in [7, 11) is 2.14. The first kappa shape index (κ1) is 14.9. The van der Waals surface area contributed by atoms with E-state index in [4.69, 9.17) is 0 Å². The lowest BCUT2D eigenvalue weighted by Crippen LogP contribution is -2.34. The molecule has 0 aromatic carbocycles. The highest BCUT2D eigenvalue weighted by molar-refractivity contribution is 5.27. The van der Waals surface area contributed by atoms with Gasteiger partial charge in [-0.2, -0.15) is 0 Å². The van der Waals surface area contributed by atoms with Crippen LogP contribution >= 0.6 is 0 Å². The first-order chi connectivity index (χ1) is 8.54. The van der Waals surface area contributed by atoms with E-state index in [1.54, 1.807) is 6.07 Å². The molecule has 0 saturated heterocycles. The van der Waals surface area contributed by atoms with Crippen molar-refractivity contribution in [1.82, 2.24) is 15.2 Å². The second-order valence-corrected chi connectivity index (χ2v) is 4.83. The van der Waals surface area contributed by atoms with E-state index in [9.17, 15) is 5.11 Å². The van der Waals surface area contributed by atoms with Crippen molar-refractivity contribution < 1.29 is 5.11 Å². The summed E-state index contributed by atoms with van der Waals surface area (Å²) in [5.74, 6) is 0.267. The van der Waals surface area contributed by atoms with E-state index in [1.807, 2.05) is 13.0 Å². The summed E-state index contributed by atoms with van der Waals surface area (Å²) >= 11 is 0. The molecule has 2 N–H and O–H groups in total. The van der Waals surface area contributed by atoms with Crippen molar-refractivity contribution in [2.75, 3.05) is 20.1 Å². The van der Waals surface area contributed by atoms with E-state index in [-0.39, 0.29) is 5.75 Å². The van der Waals surface area contributed by atoms with Gasteiger partial charge in [-0.05, 0) is 39.4 Å². The number of aromatic nitrogens is 1. The van der Waals surface area contributed by atoms with Gasteiger partial charge in [-0.15, -0.1) is 0 Å². The molecular formula is C14H25N3O. The molecule has 0 aliphatic rings. The van der Waals surface area contributed by atoms with Crippen molar-refractivity contribution in [2.24, 2.45) is 0 Å². The van der Waals surface area contributed by atoms with Gasteiger partial charge in [0.25, 0.3) is 0 Å². The number of nitrogens with one attached hydrogen (secondary N) is 1. The van der Waals surface area contributed by atoms with Gasteiger partial charge in [0.2, 0.25) is 0 Å². The number of rotatable bonds is 7. The lowest BCUT2D eigenvalue weighted by molar-refractivity contribution is 0.251. The average Bonchev–Trinajstić information content (AvgIpc) is 2.37. The van der Waals surface area contributed by atoms with Crippen LogP contribution in [0.2, 0.25) is 0 Å². The topological polar surface area (TPSA) is 48.4 Å². The second kappa shape index (κ2) is 7.34. The molecule has 0 fully saturated rings. The van der Waals surface area contributed by atoms with Crippen LogP contribution in [0.15, 0.2) is 12.1 Å². The van der Waals surface area contributed by atoms with E-state index in [0.29, 0.717) is 12.6 Å². The van der Waals surface area contributed by atoms with E-state index in [0.717, 1.165) is 30.9 Å². The fourth-order valence-corrected chi connectivity index (χ4v) is 1.73. The Morgan fingerprint density at radius 1 is 1.44 bits per heavy atom. The third-order valence-corrected chi connectivity index (χ3v) is 3.37. The summed E-state index contributed by atoms with van der Waals surface area (Å²) in [6.45, 7) is 8.87. The van der Waals surface area contributed by atoms with Crippen LogP contribution in [0.5, 0.6) is 5.75 Å². The third kappa shape index (κ3) is 4.63. The van der Waals surface area contributed by atoms with Crippen molar-refractivity contribution >= 4 is 0 Å². The number of likely N-dealkylation sites (N-methyl/N-ethyl adjacent to an activating group) is 1. The van der Waals surface area contributed by atoms with Crippen LogP contribution in [0.1, 0.15) is 31.7 Å². The van der Waals surface area contributed by atoms with Gasteiger partial charge in [-0.1, -0.05) is 6.92 Å². The van der Waals surface area contributed by atoms with Crippen LogP contribution < -0.4 is 5.32 Å². The number of hydrogen-bond donors (Lipinski definition) is 2. The van der Waals surface area contributed by atoms with Crippen LogP contribution in [0.25, 0.3) is 0 Å². The third-order valence-electron chi connectivity index (χ3n) is 3.37. The lowest BCUT2D eigenvalue weighted by Gasteiger charge is -2.23. The van der Waals surface area contributed by atoms with Crippen LogP contribution in [0, 0.1) is 6.92 Å². The highest BCUT2D eigenvalue weighted by Crippen LogP contribution is 2.13. The van der Waals surface area contributed by atoms with Crippen LogP contribution in [0.3, 0.4) is 0 Å². The fraction of sp³-hybridized carbons (Fsp3) is 0.643. The smallest absolute Gasteiger partial charge is 0.138 e. The fourth-order valence-electron chi connectivity index (χ4n) is 1.73. The zero-order chi connectivity index (χ0) is 13.5. The van der Waals surface area contributed by atoms with Crippen molar-refractivity contribution in [3.63, 3.8) is 0 Å². The molecular weight excluding hydrogens is 226 g/mol. The molecule has 102 valence electrons. The summed E-state index contributed by atoms with van der Waals surface area (Å²) in [5.41, 5.74) is 1.66. The zero-order valence-electron chi connectivity index (χ0n) is 11.9. The Labute approximate surface area is 110 Å². The maximum absolute atomic E-state index is 9.66. The van der Waals surface area contributed by atoms with Crippen molar-refractivity contribution in [1.29, 1.82) is 0 Å². The predicted molar refractivity (Wildman–Crippen MR) is 74.7 cm³/mol. The van der Waals surface area contributed by atoms with Crippen LogP contribution in [0.4, 0.5) is 0 Å². The molecule has 0 aliphatic carbocycles. The van der Waals surface area contributed by atoms with Crippen LogP contribution in [-0.4, -0.2) is 41.2 Å². The zero-order valence-corrected chi connectivity index (χ0v) is 11.9. The van der Waals surface area contributed by atoms with Gasteiger partial charge in [0.05, 0.1) is 5.69 Å². The second-order valence-electron chi connectivity index (χ2n) is 4.83. The Balaban J connectivity index is 2.31. The highest BCUT2D eigenvalue weighted by atomic mass is 16.3. The lowest BCUT2D eigenvalue weighted by atomic mass is 10.2. The molecule has 1 rings (SSSR count). The highest BCUT2D eigenvalue weighted by Gasteiger charge is 2.06. The normalized spacial score (nSPS) is 12.9. The van der Waals surface area contributed by atoms with Crippen molar-refractivity contribution in [2.45, 2.75) is 39.8 Å².